The second-order valence-corrected chi connectivity index (χ2v) is 10.2. The van der Waals surface area contributed by atoms with E-state index in [4.69, 9.17) is 4.42 Å². The molecular formula is C39H28O. The second kappa shape index (κ2) is 9.87. The number of aryl methyl sites for hydroxylation is 1. The fourth-order valence-electron chi connectivity index (χ4n) is 5.92. The van der Waals surface area contributed by atoms with Gasteiger partial charge >= 0.3 is 0 Å². The molecular weight excluding hydrogens is 484 g/mol. The number of hydrogen-bond acceptors (Lipinski definition) is 1. The van der Waals surface area contributed by atoms with E-state index in [1.54, 1.807) is 6.08 Å². The highest BCUT2D eigenvalue weighted by molar-refractivity contribution is 6.21. The van der Waals surface area contributed by atoms with Crippen LogP contribution < -0.4 is 0 Å². The fraction of sp³-hybridized carbons (Fsp3) is 0.0256. The van der Waals surface area contributed by atoms with Crippen molar-refractivity contribution in [1.82, 2.24) is 0 Å². The smallest absolute Gasteiger partial charge is 0.135 e. The van der Waals surface area contributed by atoms with Crippen LogP contribution in [0.15, 0.2) is 144 Å². The standard InChI is InChI=1S/C39H28O/c1-3-4-18-36-26(2)35-25-30(23-24-37(35)40-36)27-19-21-29(22-20-27)39-33-16-10-8-14-31(33)38(28-12-6-5-7-13-28)32-15-9-11-17-34(32)39/h3-25H,1H2,2H3/b18-4-. The van der Waals surface area contributed by atoms with Crippen molar-refractivity contribution in [2.75, 3.05) is 0 Å². The number of rotatable bonds is 5. The van der Waals surface area contributed by atoms with E-state index in [0.29, 0.717) is 0 Å². The topological polar surface area (TPSA) is 13.1 Å². The third kappa shape index (κ3) is 3.95. The molecule has 0 atom stereocenters. The molecule has 190 valence electrons. The van der Waals surface area contributed by atoms with Crippen molar-refractivity contribution >= 4 is 38.6 Å². The number of hydrogen-bond donors (Lipinski definition) is 0. The molecule has 1 aromatic heterocycles. The lowest BCUT2D eigenvalue weighted by Crippen LogP contribution is -1.90. The molecule has 0 amide bonds. The first-order valence-electron chi connectivity index (χ1n) is 13.6. The molecule has 40 heavy (non-hydrogen) atoms. The zero-order valence-electron chi connectivity index (χ0n) is 22.4. The molecule has 0 bridgehead atoms. The lowest BCUT2D eigenvalue weighted by Gasteiger charge is -2.18. The quantitative estimate of drug-likeness (QED) is 0.165. The predicted molar refractivity (Wildman–Crippen MR) is 172 cm³/mol. The molecule has 6 aromatic carbocycles. The summed E-state index contributed by atoms with van der Waals surface area (Å²) in [5, 5.41) is 6.22. The van der Waals surface area contributed by atoms with Crippen molar-refractivity contribution < 1.29 is 4.42 Å². The molecule has 0 aliphatic heterocycles. The van der Waals surface area contributed by atoms with Crippen LogP contribution in [0.1, 0.15) is 11.3 Å². The minimum absolute atomic E-state index is 0.875. The molecule has 0 radical (unpaired) electrons. The Balaban J connectivity index is 1.38. The Morgan fingerprint density at radius 1 is 0.525 bits per heavy atom. The average molecular weight is 513 g/mol. The van der Waals surface area contributed by atoms with Gasteiger partial charge in [0.1, 0.15) is 11.3 Å². The second-order valence-electron chi connectivity index (χ2n) is 10.2. The molecule has 1 heterocycles. The zero-order chi connectivity index (χ0) is 27.1. The average Bonchev–Trinajstić information content (AvgIpc) is 3.33. The third-order valence-electron chi connectivity index (χ3n) is 7.86. The summed E-state index contributed by atoms with van der Waals surface area (Å²) in [6, 6.07) is 43.7. The molecule has 0 aliphatic rings. The van der Waals surface area contributed by atoms with E-state index in [2.05, 4.69) is 135 Å². The van der Waals surface area contributed by atoms with Gasteiger partial charge in [-0.2, -0.15) is 0 Å². The first kappa shape index (κ1) is 23.9. The fourth-order valence-corrected chi connectivity index (χ4v) is 5.92. The van der Waals surface area contributed by atoms with E-state index in [9.17, 15) is 0 Å². The summed E-state index contributed by atoms with van der Waals surface area (Å²) in [7, 11) is 0. The van der Waals surface area contributed by atoms with Crippen molar-refractivity contribution in [2.24, 2.45) is 0 Å². The Bertz CT molecular complexity index is 2000. The molecule has 0 fully saturated rings. The summed E-state index contributed by atoms with van der Waals surface area (Å²) in [6.07, 6.45) is 5.64. The molecule has 0 aliphatic carbocycles. The van der Waals surface area contributed by atoms with E-state index in [1.807, 2.05) is 12.2 Å². The third-order valence-corrected chi connectivity index (χ3v) is 7.86. The van der Waals surface area contributed by atoms with Crippen LogP contribution in [0.5, 0.6) is 0 Å². The maximum atomic E-state index is 6.06. The highest BCUT2D eigenvalue weighted by Crippen LogP contribution is 2.43. The van der Waals surface area contributed by atoms with Crippen molar-refractivity contribution in [1.29, 1.82) is 0 Å². The van der Waals surface area contributed by atoms with Gasteiger partial charge in [0.2, 0.25) is 0 Å². The Kier molecular flexibility index (Phi) is 5.91. The summed E-state index contributed by atoms with van der Waals surface area (Å²) in [6.45, 7) is 5.87. The highest BCUT2D eigenvalue weighted by Gasteiger charge is 2.16. The lowest BCUT2D eigenvalue weighted by atomic mass is 9.86. The molecule has 0 unspecified atom stereocenters. The Morgan fingerprint density at radius 3 is 1.60 bits per heavy atom. The van der Waals surface area contributed by atoms with E-state index < -0.39 is 0 Å². The van der Waals surface area contributed by atoms with Gasteiger partial charge in [-0.15, -0.1) is 0 Å². The van der Waals surface area contributed by atoms with Crippen LogP contribution >= 0.6 is 0 Å². The van der Waals surface area contributed by atoms with Crippen molar-refractivity contribution in [3.63, 3.8) is 0 Å². The number of allylic oxidation sites excluding steroid dienone is 2. The van der Waals surface area contributed by atoms with Crippen LogP contribution in [0.4, 0.5) is 0 Å². The molecule has 0 spiro atoms. The van der Waals surface area contributed by atoms with Crippen molar-refractivity contribution in [3.05, 3.63) is 151 Å². The van der Waals surface area contributed by atoms with Gasteiger partial charge in [-0.25, -0.2) is 0 Å². The summed E-state index contributed by atoms with van der Waals surface area (Å²) in [4.78, 5) is 0. The summed E-state index contributed by atoms with van der Waals surface area (Å²) >= 11 is 0. The number of benzene rings is 6. The molecule has 0 saturated carbocycles. The molecule has 7 aromatic rings. The Labute approximate surface area is 234 Å². The van der Waals surface area contributed by atoms with Gasteiger partial charge in [-0.3, -0.25) is 0 Å². The van der Waals surface area contributed by atoms with Crippen molar-refractivity contribution in [2.45, 2.75) is 6.92 Å². The number of fused-ring (bicyclic) bond motifs is 3. The monoisotopic (exact) mass is 512 g/mol. The van der Waals surface area contributed by atoms with Crippen LogP contribution in [-0.4, -0.2) is 0 Å². The largest absolute Gasteiger partial charge is 0.456 e. The maximum Gasteiger partial charge on any atom is 0.135 e. The van der Waals surface area contributed by atoms with Crippen LogP contribution in [-0.2, 0) is 0 Å². The highest BCUT2D eigenvalue weighted by atomic mass is 16.3. The van der Waals surface area contributed by atoms with Gasteiger partial charge in [0.05, 0.1) is 0 Å². The van der Waals surface area contributed by atoms with Gasteiger partial charge in [0, 0.05) is 10.9 Å². The minimum Gasteiger partial charge on any atom is -0.456 e. The minimum atomic E-state index is 0.875. The van der Waals surface area contributed by atoms with E-state index in [0.717, 1.165) is 22.3 Å². The normalized spacial score (nSPS) is 11.6. The Hall–Kier alpha value is -5.14. The van der Waals surface area contributed by atoms with E-state index in [-0.39, 0.29) is 0 Å². The summed E-state index contributed by atoms with van der Waals surface area (Å²) in [5.41, 5.74) is 9.43. The SMILES string of the molecule is C=C/C=C\c1oc2ccc(-c3ccc(-c4c5ccccc5c(-c5ccccc5)c5ccccc45)cc3)cc2c1C. The van der Waals surface area contributed by atoms with Crippen LogP contribution in [0.25, 0.3) is 72.0 Å². The molecule has 1 heteroatoms. The van der Waals surface area contributed by atoms with Gasteiger partial charge in [0.25, 0.3) is 0 Å². The van der Waals surface area contributed by atoms with Crippen LogP contribution in [0.3, 0.4) is 0 Å². The summed E-state index contributed by atoms with van der Waals surface area (Å²) < 4.78 is 6.06. The van der Waals surface area contributed by atoms with E-state index in [1.165, 1.54) is 54.9 Å². The predicted octanol–water partition coefficient (Wildman–Crippen LogP) is 11.2. The first-order valence-corrected chi connectivity index (χ1v) is 13.6. The summed E-state index contributed by atoms with van der Waals surface area (Å²) in [5.74, 6) is 0.875. The lowest BCUT2D eigenvalue weighted by molar-refractivity contribution is 0.601. The van der Waals surface area contributed by atoms with Crippen molar-refractivity contribution in [3.8, 4) is 33.4 Å². The maximum absolute atomic E-state index is 6.06. The van der Waals surface area contributed by atoms with Gasteiger partial charge in [-0.1, -0.05) is 128 Å². The number of furan rings is 1. The molecule has 0 N–H and O–H groups in total. The zero-order valence-corrected chi connectivity index (χ0v) is 22.4. The van der Waals surface area contributed by atoms with E-state index >= 15 is 0 Å². The Morgan fingerprint density at radius 2 is 1.02 bits per heavy atom. The van der Waals surface area contributed by atoms with Gasteiger partial charge in [0.15, 0.2) is 0 Å². The molecule has 0 saturated heterocycles. The van der Waals surface area contributed by atoms with Gasteiger partial charge < -0.3 is 4.42 Å². The molecule has 7 rings (SSSR count). The van der Waals surface area contributed by atoms with Crippen LogP contribution in [0, 0.1) is 6.92 Å². The molecule has 1 nitrogen and oxygen atoms in total. The first-order chi connectivity index (χ1) is 19.7. The van der Waals surface area contributed by atoms with Crippen LogP contribution in [0.2, 0.25) is 0 Å². The van der Waals surface area contributed by atoms with Gasteiger partial charge in [-0.05, 0) is 80.1 Å².